The van der Waals surface area contributed by atoms with E-state index >= 15 is 0 Å². The quantitative estimate of drug-likeness (QED) is 0.214. The van der Waals surface area contributed by atoms with Gasteiger partial charge in [0.1, 0.15) is 24.3 Å². The van der Waals surface area contributed by atoms with E-state index in [1.165, 1.54) is 4.90 Å². The van der Waals surface area contributed by atoms with Gasteiger partial charge >= 0.3 is 12.8 Å². The van der Waals surface area contributed by atoms with E-state index in [0.29, 0.717) is 5.88 Å². The van der Waals surface area contributed by atoms with Crippen LogP contribution in [-0.2, 0) is 14.3 Å². The van der Waals surface area contributed by atoms with Gasteiger partial charge in [0.2, 0.25) is 17.7 Å². The molecule has 13 nitrogen and oxygen atoms in total. The summed E-state index contributed by atoms with van der Waals surface area (Å²) in [6.45, 7) is 0.745. The first-order chi connectivity index (χ1) is 20.3. The van der Waals surface area contributed by atoms with Crippen LogP contribution in [-0.4, -0.2) is 98.1 Å². The molecule has 2 fully saturated rings. The molecule has 0 radical (unpaired) electrons. The minimum Gasteiger partial charge on any atom is -0.558 e. The van der Waals surface area contributed by atoms with Gasteiger partial charge < -0.3 is 45.2 Å². The zero-order chi connectivity index (χ0) is 31.4. The first-order valence-corrected chi connectivity index (χ1v) is 14.8. The van der Waals surface area contributed by atoms with Gasteiger partial charge in [-0.05, 0) is 61.0 Å². The van der Waals surface area contributed by atoms with Crippen molar-refractivity contribution < 1.29 is 44.0 Å². The number of fused-ring (bicyclic) bond motifs is 1. The lowest BCUT2D eigenvalue weighted by atomic mass is 9.68. The molecule has 14 heteroatoms. The number of carbonyl (C=O) groups is 3. The highest BCUT2D eigenvalue weighted by atomic mass is 16.6. The molecule has 1 aliphatic carbocycles. The molecule has 1 aromatic heterocycles. The summed E-state index contributed by atoms with van der Waals surface area (Å²) in [6.07, 6.45) is 3.10. The van der Waals surface area contributed by atoms with Crippen molar-refractivity contribution in [2.24, 2.45) is 5.41 Å². The lowest BCUT2D eigenvalue weighted by Crippen LogP contribution is -2.62. The summed E-state index contributed by atoms with van der Waals surface area (Å²) >= 11 is 0. The van der Waals surface area contributed by atoms with Crippen molar-refractivity contribution in [3.05, 3.63) is 36.5 Å². The molecule has 1 aromatic carbocycles. The summed E-state index contributed by atoms with van der Waals surface area (Å²) in [5.74, 6) is -2.59. The van der Waals surface area contributed by atoms with Gasteiger partial charge in [-0.25, -0.2) is 9.78 Å². The molecule has 236 valence electrons. The normalized spacial score (nSPS) is 21.0. The van der Waals surface area contributed by atoms with Crippen molar-refractivity contribution >= 4 is 35.4 Å². The molecule has 4 atom stereocenters. The Kier molecular flexibility index (Phi) is 10.2. The maximum absolute atomic E-state index is 14.1. The van der Waals surface area contributed by atoms with Crippen LogP contribution >= 0.6 is 0 Å². The van der Waals surface area contributed by atoms with E-state index in [4.69, 9.17) is 9.47 Å². The second-order valence-corrected chi connectivity index (χ2v) is 12.5. The van der Waals surface area contributed by atoms with Crippen molar-refractivity contribution in [3.63, 3.8) is 0 Å². The SMILES string of the molecule is CC(C)(C)[C@H](NC(=O)OC1CCCC1)C(=O)N1C[C@H](Oc2nccc3ccccc23)C[C@H]1C(=O)N[C@@H](CCO)[B-](O)(O)O. The topological polar surface area (TPSA) is 191 Å². The van der Waals surface area contributed by atoms with Crippen LogP contribution in [0.3, 0.4) is 0 Å². The van der Waals surface area contributed by atoms with Crippen LogP contribution < -0.4 is 15.4 Å². The summed E-state index contributed by atoms with van der Waals surface area (Å²) in [6, 6.07) is 7.08. The summed E-state index contributed by atoms with van der Waals surface area (Å²) < 4.78 is 11.8. The number of alkyl carbamates (subject to hydrolysis) is 1. The molecule has 1 aliphatic heterocycles. The molecular weight excluding hydrogens is 559 g/mol. The number of hydrogen-bond donors (Lipinski definition) is 6. The van der Waals surface area contributed by atoms with Gasteiger partial charge in [0, 0.05) is 24.6 Å². The zero-order valence-electron chi connectivity index (χ0n) is 24.8. The van der Waals surface area contributed by atoms with E-state index in [-0.39, 0.29) is 25.5 Å². The van der Waals surface area contributed by atoms with Gasteiger partial charge in [-0.2, -0.15) is 0 Å². The first kappa shape index (κ1) is 32.5. The lowest BCUT2D eigenvalue weighted by Gasteiger charge is -2.37. The molecule has 43 heavy (non-hydrogen) atoms. The van der Waals surface area contributed by atoms with E-state index in [1.54, 1.807) is 27.0 Å². The standard InChI is InChI=1S/C29H42BN4O9/c1-29(2,3)24(33-28(38)43-19-9-5-6-10-19)27(37)34-17-20(42-26-21-11-7-4-8-18(21)12-14-31-26)16-22(34)25(36)32-23(13-15-35)30(39,40)41/h4,7-8,11-12,14,19-20,22-24,35,39-41H,5-6,9-10,13,15-17H2,1-3H3,(H,32,36)(H,33,38)/q-1/t20-,22+,23+,24-/m1/s1. The predicted molar refractivity (Wildman–Crippen MR) is 157 cm³/mol. The van der Waals surface area contributed by atoms with Crippen LogP contribution in [0.5, 0.6) is 5.88 Å². The lowest BCUT2D eigenvalue weighted by molar-refractivity contribution is -0.142. The Balaban J connectivity index is 1.60. The smallest absolute Gasteiger partial charge is 0.408 e. The minimum absolute atomic E-state index is 0.0139. The van der Waals surface area contributed by atoms with Crippen LogP contribution in [0.1, 0.15) is 59.3 Å². The van der Waals surface area contributed by atoms with Crippen molar-refractivity contribution in [2.45, 2.75) is 89.5 Å². The summed E-state index contributed by atoms with van der Waals surface area (Å²) in [5.41, 5.74) is -0.776. The monoisotopic (exact) mass is 601 g/mol. The van der Waals surface area contributed by atoms with E-state index in [9.17, 15) is 34.6 Å². The molecule has 0 spiro atoms. The fourth-order valence-electron chi connectivity index (χ4n) is 5.67. The van der Waals surface area contributed by atoms with Crippen LogP contribution in [0, 0.1) is 5.41 Å². The largest absolute Gasteiger partial charge is 0.558 e. The number of aliphatic hydroxyl groups is 1. The van der Waals surface area contributed by atoms with Crippen molar-refractivity contribution in [1.82, 2.24) is 20.5 Å². The highest BCUT2D eigenvalue weighted by Crippen LogP contribution is 2.31. The average Bonchev–Trinajstić information content (AvgIpc) is 3.60. The fourth-order valence-corrected chi connectivity index (χ4v) is 5.67. The van der Waals surface area contributed by atoms with Crippen LogP contribution in [0.4, 0.5) is 4.79 Å². The second-order valence-electron chi connectivity index (χ2n) is 12.5. The number of carbonyl (C=O) groups excluding carboxylic acids is 3. The number of hydrogen-bond acceptors (Lipinski definition) is 10. The Morgan fingerprint density at radius 1 is 1.07 bits per heavy atom. The van der Waals surface area contributed by atoms with Crippen LogP contribution in [0.25, 0.3) is 10.8 Å². The Morgan fingerprint density at radius 3 is 2.42 bits per heavy atom. The third-order valence-electron chi connectivity index (χ3n) is 8.02. The van der Waals surface area contributed by atoms with Gasteiger partial charge in [0.15, 0.2) is 0 Å². The van der Waals surface area contributed by atoms with Crippen LogP contribution in [0.2, 0.25) is 0 Å². The third kappa shape index (κ3) is 8.14. The third-order valence-corrected chi connectivity index (χ3v) is 8.02. The molecule has 2 aromatic rings. The Morgan fingerprint density at radius 2 is 1.77 bits per heavy atom. The number of aromatic nitrogens is 1. The van der Waals surface area contributed by atoms with Gasteiger partial charge in [0.05, 0.1) is 6.54 Å². The number of nitrogens with one attached hydrogen (secondary N) is 2. The number of nitrogens with zero attached hydrogens (tertiary/aromatic N) is 2. The zero-order valence-corrected chi connectivity index (χ0v) is 24.8. The second kappa shape index (κ2) is 13.5. The summed E-state index contributed by atoms with van der Waals surface area (Å²) in [4.78, 5) is 46.1. The first-order valence-electron chi connectivity index (χ1n) is 14.8. The number of amides is 3. The van der Waals surface area contributed by atoms with Crippen LogP contribution in [0.15, 0.2) is 36.5 Å². The molecule has 0 unspecified atom stereocenters. The van der Waals surface area contributed by atoms with E-state index < -0.39 is 60.8 Å². The number of ether oxygens (including phenoxy) is 2. The van der Waals surface area contributed by atoms with Crippen molar-refractivity contribution in [3.8, 4) is 5.88 Å². The molecule has 0 bridgehead atoms. The molecule has 4 rings (SSSR count). The highest BCUT2D eigenvalue weighted by Gasteiger charge is 2.47. The number of likely N-dealkylation sites (tertiary alicyclic amines) is 1. The maximum atomic E-state index is 14.1. The molecular formula is C29H42BN4O9-. The Hall–Kier alpha value is -3.46. The fraction of sp³-hybridized carbons (Fsp3) is 0.586. The maximum Gasteiger partial charge on any atom is 0.408 e. The van der Waals surface area contributed by atoms with Crippen molar-refractivity contribution in [1.29, 1.82) is 0 Å². The molecule has 1 saturated carbocycles. The molecule has 6 N–H and O–H groups in total. The number of pyridine rings is 1. The minimum atomic E-state index is -4.02. The Bertz CT molecular complexity index is 1290. The van der Waals surface area contributed by atoms with E-state index in [1.807, 2.05) is 30.3 Å². The van der Waals surface area contributed by atoms with Gasteiger partial charge in [0.25, 0.3) is 0 Å². The van der Waals surface area contributed by atoms with Crippen molar-refractivity contribution in [2.75, 3.05) is 13.2 Å². The van der Waals surface area contributed by atoms with E-state index in [2.05, 4.69) is 15.6 Å². The highest BCUT2D eigenvalue weighted by molar-refractivity contribution is 6.58. The van der Waals surface area contributed by atoms with Gasteiger partial charge in [-0.3, -0.25) is 9.59 Å². The predicted octanol–water partition coefficient (Wildman–Crippen LogP) is 0.989. The Labute approximate surface area is 250 Å². The summed E-state index contributed by atoms with van der Waals surface area (Å²) in [7, 11) is 0. The molecule has 2 heterocycles. The number of aliphatic hydroxyl groups excluding tert-OH is 1. The van der Waals surface area contributed by atoms with Gasteiger partial charge in [-0.1, -0.05) is 39.0 Å². The number of benzene rings is 1. The molecule has 1 saturated heterocycles. The van der Waals surface area contributed by atoms with Gasteiger partial charge in [-0.15, -0.1) is 0 Å². The molecule has 3 amide bonds. The van der Waals surface area contributed by atoms with E-state index in [0.717, 1.165) is 36.5 Å². The molecule has 2 aliphatic rings. The summed E-state index contributed by atoms with van der Waals surface area (Å²) in [5, 5.41) is 45.5. The number of rotatable bonds is 10. The average molecular weight is 601 g/mol.